The van der Waals surface area contributed by atoms with Crippen molar-refractivity contribution in [3.05, 3.63) is 69.8 Å². The molecule has 0 bridgehead atoms. The maximum absolute atomic E-state index is 12.6. The van der Waals surface area contributed by atoms with Gasteiger partial charge >= 0.3 is 5.97 Å². The fraction of sp³-hybridized carbons (Fsp3) is 0.304. The number of fused-ring (bicyclic) bond motifs is 1. The first-order valence-corrected chi connectivity index (χ1v) is 9.97. The molecule has 0 N–H and O–H groups in total. The second-order valence-corrected chi connectivity index (χ2v) is 7.63. The smallest absolute Gasteiger partial charge is 0.311 e. The Labute approximate surface area is 179 Å². The number of carbonyl (C=O) groups is 2. The highest BCUT2D eigenvalue weighted by Gasteiger charge is 2.37. The summed E-state index contributed by atoms with van der Waals surface area (Å²) in [4.78, 5) is 43.5. The van der Waals surface area contributed by atoms with Crippen molar-refractivity contribution in [2.24, 2.45) is 5.92 Å². The van der Waals surface area contributed by atoms with E-state index in [1.54, 1.807) is 24.1 Å². The largest absolute Gasteiger partial charge is 0.495 e. The number of methoxy groups -OCH3 is 1. The van der Waals surface area contributed by atoms with Crippen molar-refractivity contribution in [2.75, 3.05) is 18.6 Å². The Morgan fingerprint density at radius 2 is 1.97 bits per heavy atom. The van der Waals surface area contributed by atoms with Crippen LogP contribution in [0.25, 0.3) is 5.65 Å². The number of esters is 1. The van der Waals surface area contributed by atoms with Crippen LogP contribution >= 0.6 is 0 Å². The first-order chi connectivity index (χ1) is 14.9. The van der Waals surface area contributed by atoms with Crippen LogP contribution in [-0.4, -0.2) is 34.9 Å². The molecule has 1 atom stereocenters. The average molecular weight is 421 g/mol. The third kappa shape index (κ3) is 4.01. The number of nitrogens with zero attached hydrogens (tertiary/aromatic N) is 3. The minimum Gasteiger partial charge on any atom is -0.495 e. The van der Waals surface area contributed by atoms with E-state index in [0.29, 0.717) is 22.8 Å². The van der Waals surface area contributed by atoms with Gasteiger partial charge in [0.25, 0.3) is 5.56 Å². The minimum atomic E-state index is -0.596. The van der Waals surface area contributed by atoms with Gasteiger partial charge in [-0.15, -0.1) is 0 Å². The van der Waals surface area contributed by atoms with Crippen LogP contribution in [0.5, 0.6) is 5.75 Å². The molecule has 1 aromatic carbocycles. The van der Waals surface area contributed by atoms with E-state index in [2.05, 4.69) is 4.98 Å². The molecule has 1 aliphatic heterocycles. The van der Waals surface area contributed by atoms with E-state index >= 15 is 0 Å². The summed E-state index contributed by atoms with van der Waals surface area (Å²) < 4.78 is 12.3. The Bertz CT molecular complexity index is 1230. The third-order valence-corrected chi connectivity index (χ3v) is 5.38. The summed E-state index contributed by atoms with van der Waals surface area (Å²) in [6.07, 6.45) is 0.0585. The Morgan fingerprint density at radius 3 is 2.74 bits per heavy atom. The zero-order valence-electron chi connectivity index (χ0n) is 17.6. The fourth-order valence-electron chi connectivity index (χ4n) is 3.81. The van der Waals surface area contributed by atoms with Crippen molar-refractivity contribution in [3.8, 4) is 5.75 Å². The molecule has 1 aliphatic rings. The molecule has 4 rings (SSSR count). The van der Waals surface area contributed by atoms with E-state index in [1.165, 1.54) is 10.5 Å². The number of anilines is 1. The number of aromatic nitrogens is 2. The lowest BCUT2D eigenvalue weighted by atomic mass is 10.1. The molecule has 0 radical (unpaired) electrons. The van der Waals surface area contributed by atoms with Crippen LogP contribution < -0.4 is 15.2 Å². The van der Waals surface area contributed by atoms with Crippen LogP contribution in [0.4, 0.5) is 5.69 Å². The van der Waals surface area contributed by atoms with Crippen molar-refractivity contribution in [1.29, 1.82) is 0 Å². The first kappa shape index (κ1) is 20.6. The molecule has 1 fully saturated rings. The lowest BCUT2D eigenvalue weighted by molar-refractivity contribution is -0.149. The zero-order chi connectivity index (χ0) is 22.1. The highest BCUT2D eigenvalue weighted by Crippen LogP contribution is 2.34. The quantitative estimate of drug-likeness (QED) is 0.588. The lowest BCUT2D eigenvalue weighted by Crippen LogP contribution is -2.27. The van der Waals surface area contributed by atoms with Crippen molar-refractivity contribution in [2.45, 2.75) is 26.9 Å². The molecule has 0 aliphatic carbocycles. The number of pyridine rings is 1. The highest BCUT2D eigenvalue weighted by atomic mass is 16.5. The first-order valence-electron chi connectivity index (χ1n) is 9.97. The van der Waals surface area contributed by atoms with Crippen molar-refractivity contribution >= 4 is 23.2 Å². The summed E-state index contributed by atoms with van der Waals surface area (Å²) in [5.41, 5.74) is 3.02. The normalized spacial score (nSPS) is 16.0. The number of ether oxygens (including phenoxy) is 2. The molecule has 160 valence electrons. The average Bonchev–Trinajstić information content (AvgIpc) is 3.13. The molecule has 8 nitrogen and oxygen atoms in total. The maximum Gasteiger partial charge on any atom is 0.311 e. The van der Waals surface area contributed by atoms with Gasteiger partial charge in [-0.3, -0.25) is 18.8 Å². The van der Waals surface area contributed by atoms with Crippen LogP contribution in [-0.2, 0) is 20.9 Å². The van der Waals surface area contributed by atoms with Gasteiger partial charge in [0.15, 0.2) is 0 Å². The second kappa shape index (κ2) is 8.22. The van der Waals surface area contributed by atoms with Gasteiger partial charge in [-0.2, -0.15) is 0 Å². The van der Waals surface area contributed by atoms with Crippen LogP contribution in [0.3, 0.4) is 0 Å². The van der Waals surface area contributed by atoms with Crippen LogP contribution in [0, 0.1) is 19.8 Å². The number of benzene rings is 1. The number of aryl methyl sites for hydroxylation is 2. The number of hydrogen-bond donors (Lipinski definition) is 0. The predicted octanol–water partition coefficient (Wildman–Crippen LogP) is 2.42. The molecular weight excluding hydrogens is 398 g/mol. The van der Waals surface area contributed by atoms with Gasteiger partial charge < -0.3 is 14.4 Å². The summed E-state index contributed by atoms with van der Waals surface area (Å²) in [5, 5.41) is 0. The Morgan fingerprint density at radius 1 is 1.16 bits per heavy atom. The topological polar surface area (TPSA) is 90.2 Å². The Kier molecular flexibility index (Phi) is 5.46. The molecule has 8 heteroatoms. The van der Waals surface area contributed by atoms with Gasteiger partial charge in [-0.05, 0) is 43.7 Å². The summed E-state index contributed by atoms with van der Waals surface area (Å²) in [7, 11) is 1.54. The number of carbonyl (C=O) groups excluding carboxylic acids is 2. The zero-order valence-corrected chi connectivity index (χ0v) is 17.6. The molecule has 0 spiro atoms. The van der Waals surface area contributed by atoms with Crippen molar-refractivity contribution < 1.29 is 19.1 Å². The van der Waals surface area contributed by atoms with Crippen molar-refractivity contribution in [3.63, 3.8) is 0 Å². The Hall–Kier alpha value is -3.68. The summed E-state index contributed by atoms with van der Waals surface area (Å²) >= 11 is 0. The van der Waals surface area contributed by atoms with Crippen LogP contribution in [0.2, 0.25) is 0 Å². The standard InChI is InChI=1S/C23H23N3O5/c1-14-7-8-19(30-3)18(9-14)25-12-16(10-21(25)27)23(29)31-13-17-11-22(28)26-15(2)5-4-6-20(26)24-17/h4-9,11,16H,10,12-13H2,1-3H3/t16-/m0/s1. The van der Waals surface area contributed by atoms with E-state index in [4.69, 9.17) is 9.47 Å². The Balaban J connectivity index is 1.47. The molecule has 31 heavy (non-hydrogen) atoms. The third-order valence-electron chi connectivity index (χ3n) is 5.38. The molecule has 0 unspecified atom stereocenters. The van der Waals surface area contributed by atoms with Crippen LogP contribution in [0.15, 0.2) is 47.3 Å². The fourth-order valence-corrected chi connectivity index (χ4v) is 3.81. The van der Waals surface area contributed by atoms with Gasteiger partial charge in [0, 0.05) is 24.7 Å². The van der Waals surface area contributed by atoms with E-state index in [1.807, 2.05) is 38.1 Å². The second-order valence-electron chi connectivity index (χ2n) is 7.63. The van der Waals surface area contributed by atoms with Gasteiger partial charge in [-0.25, -0.2) is 4.98 Å². The molecule has 3 aromatic rings. The maximum atomic E-state index is 12.6. The predicted molar refractivity (Wildman–Crippen MR) is 114 cm³/mol. The number of hydrogen-bond acceptors (Lipinski definition) is 6. The minimum absolute atomic E-state index is 0.0585. The molecule has 1 amide bonds. The number of rotatable bonds is 5. The van der Waals surface area contributed by atoms with E-state index in [9.17, 15) is 14.4 Å². The SMILES string of the molecule is COc1ccc(C)cc1N1C[C@@H](C(=O)OCc2cc(=O)n3c(C)cccc3n2)CC1=O. The van der Waals surface area contributed by atoms with Gasteiger partial charge in [0.1, 0.15) is 18.0 Å². The van der Waals surface area contributed by atoms with E-state index in [0.717, 1.165) is 11.3 Å². The summed E-state index contributed by atoms with van der Waals surface area (Å²) in [5.74, 6) is -0.678. The van der Waals surface area contributed by atoms with Crippen LogP contribution in [0.1, 0.15) is 23.4 Å². The van der Waals surface area contributed by atoms with E-state index < -0.39 is 11.9 Å². The molecule has 2 aromatic heterocycles. The van der Waals surface area contributed by atoms with Crippen molar-refractivity contribution in [1.82, 2.24) is 9.38 Å². The van der Waals surface area contributed by atoms with Gasteiger partial charge in [0.2, 0.25) is 5.91 Å². The molecule has 3 heterocycles. The molecular formula is C23H23N3O5. The lowest BCUT2D eigenvalue weighted by Gasteiger charge is -2.20. The monoisotopic (exact) mass is 421 g/mol. The number of amides is 1. The van der Waals surface area contributed by atoms with Gasteiger partial charge in [-0.1, -0.05) is 12.1 Å². The van der Waals surface area contributed by atoms with Gasteiger partial charge in [0.05, 0.1) is 24.4 Å². The molecule has 0 saturated carbocycles. The molecule has 1 saturated heterocycles. The summed E-state index contributed by atoms with van der Waals surface area (Å²) in [6.45, 7) is 3.83. The highest BCUT2D eigenvalue weighted by molar-refractivity contribution is 6.00. The summed E-state index contributed by atoms with van der Waals surface area (Å²) in [6, 6.07) is 12.3. The van der Waals surface area contributed by atoms with E-state index in [-0.39, 0.29) is 31.0 Å².